The van der Waals surface area contributed by atoms with Gasteiger partial charge < -0.3 is 15.8 Å². The van der Waals surface area contributed by atoms with Gasteiger partial charge in [0.15, 0.2) is 0 Å². The molecule has 17 heavy (non-hydrogen) atoms. The number of carbonyl (C=O) groups is 2. The van der Waals surface area contributed by atoms with Crippen LogP contribution in [-0.2, 0) is 4.79 Å². The molecule has 0 radical (unpaired) electrons. The van der Waals surface area contributed by atoms with E-state index in [-0.39, 0.29) is 11.8 Å². The average molecular weight is 258 g/mol. The molecule has 1 rings (SSSR count). The van der Waals surface area contributed by atoms with Crippen molar-refractivity contribution in [1.82, 2.24) is 5.32 Å². The number of nitrogens with two attached hydrogens (primary N) is 1. The fourth-order valence-corrected chi connectivity index (χ4v) is 3.64. The van der Waals surface area contributed by atoms with Crippen molar-refractivity contribution in [2.75, 3.05) is 5.75 Å². The van der Waals surface area contributed by atoms with Crippen molar-refractivity contribution in [3.8, 4) is 0 Å². The summed E-state index contributed by atoms with van der Waals surface area (Å²) < 4.78 is 0. The van der Waals surface area contributed by atoms with Crippen molar-refractivity contribution in [2.24, 2.45) is 5.73 Å². The summed E-state index contributed by atoms with van der Waals surface area (Å²) in [6.07, 6.45) is 6.03. The number of rotatable bonds is 7. The highest BCUT2D eigenvalue weighted by atomic mass is 32.2. The molecule has 2 amide bonds. The Labute approximate surface area is 107 Å². The maximum atomic E-state index is 10.8. The van der Waals surface area contributed by atoms with Gasteiger partial charge in [-0.25, -0.2) is 4.79 Å². The first-order chi connectivity index (χ1) is 8.09. The number of primary amides is 1. The van der Waals surface area contributed by atoms with E-state index in [1.165, 1.54) is 0 Å². The van der Waals surface area contributed by atoms with Gasteiger partial charge in [0.2, 0.25) is 0 Å². The van der Waals surface area contributed by atoms with Gasteiger partial charge in [0.05, 0.1) is 0 Å². The maximum Gasteiger partial charge on any atom is 0.312 e. The summed E-state index contributed by atoms with van der Waals surface area (Å²) in [7, 11) is 0. The van der Waals surface area contributed by atoms with Crippen molar-refractivity contribution >= 4 is 23.6 Å². The lowest BCUT2D eigenvalue weighted by molar-refractivity contribution is -0.117. The summed E-state index contributed by atoms with van der Waals surface area (Å²) in [5.41, 5.74) is 5.15. The molecule has 0 aromatic rings. The van der Waals surface area contributed by atoms with Crippen LogP contribution in [0.4, 0.5) is 4.79 Å². The summed E-state index contributed by atoms with van der Waals surface area (Å²) >= 11 is 1.92. The summed E-state index contributed by atoms with van der Waals surface area (Å²) in [6, 6.07) is -0.176. The molecule has 1 heterocycles. The molecule has 2 atom stereocenters. The van der Waals surface area contributed by atoms with E-state index in [4.69, 9.17) is 5.73 Å². The maximum absolute atomic E-state index is 10.8. The monoisotopic (exact) mass is 258 g/mol. The molecule has 0 aromatic heterocycles. The van der Waals surface area contributed by atoms with Gasteiger partial charge in [0.1, 0.15) is 5.78 Å². The number of carbonyl (C=O) groups excluding carboxylic acids is 2. The molecule has 3 N–H and O–H groups in total. The van der Waals surface area contributed by atoms with Gasteiger partial charge in [-0.15, -0.1) is 0 Å². The number of amides is 2. The van der Waals surface area contributed by atoms with Gasteiger partial charge in [-0.05, 0) is 31.9 Å². The molecule has 2 unspecified atom stereocenters. The predicted molar refractivity (Wildman–Crippen MR) is 71.1 cm³/mol. The highest BCUT2D eigenvalue weighted by molar-refractivity contribution is 8.00. The number of Topliss-reactive ketones (excluding diaryl/α,β-unsaturated/α-hetero) is 1. The van der Waals surface area contributed by atoms with E-state index in [9.17, 15) is 9.59 Å². The third-order valence-electron chi connectivity index (χ3n) is 3.05. The van der Waals surface area contributed by atoms with Crippen molar-refractivity contribution in [3.63, 3.8) is 0 Å². The second-order valence-electron chi connectivity index (χ2n) is 4.61. The molecule has 0 aliphatic carbocycles. The Kier molecular flexibility index (Phi) is 6.40. The van der Waals surface area contributed by atoms with Crippen LogP contribution in [0.5, 0.6) is 0 Å². The van der Waals surface area contributed by atoms with Crippen LogP contribution in [0.25, 0.3) is 0 Å². The molecule has 0 bridgehead atoms. The minimum atomic E-state index is -0.418. The van der Waals surface area contributed by atoms with E-state index in [0.717, 1.165) is 37.9 Å². The second kappa shape index (κ2) is 7.58. The Morgan fingerprint density at radius 3 is 2.76 bits per heavy atom. The average Bonchev–Trinajstić information content (AvgIpc) is 2.64. The molecular weight excluding hydrogens is 236 g/mol. The standard InChI is InChI=1S/C12H22N2O2S/c1-9(15)5-3-2-4-6-11-10(7-8-17-11)14-12(13)16/h10-11H,2-8H2,1H3,(H3,13,14,16). The van der Waals surface area contributed by atoms with Crippen molar-refractivity contribution in [2.45, 2.75) is 56.7 Å². The zero-order valence-electron chi connectivity index (χ0n) is 10.4. The molecular formula is C12H22N2O2S. The number of thioether (sulfide) groups is 1. The zero-order chi connectivity index (χ0) is 12.7. The Morgan fingerprint density at radius 2 is 2.12 bits per heavy atom. The van der Waals surface area contributed by atoms with Crippen LogP contribution >= 0.6 is 11.8 Å². The first-order valence-electron chi connectivity index (χ1n) is 6.26. The topological polar surface area (TPSA) is 72.2 Å². The Balaban J connectivity index is 2.13. The van der Waals surface area contributed by atoms with Crippen LogP contribution in [0.1, 0.15) is 45.4 Å². The predicted octanol–water partition coefficient (Wildman–Crippen LogP) is 2.07. The molecule has 1 aliphatic rings. The van der Waals surface area contributed by atoms with E-state index >= 15 is 0 Å². The summed E-state index contributed by atoms with van der Waals surface area (Å²) in [5.74, 6) is 1.37. The van der Waals surface area contributed by atoms with E-state index in [1.807, 2.05) is 11.8 Å². The summed E-state index contributed by atoms with van der Waals surface area (Å²) in [4.78, 5) is 21.6. The third kappa shape index (κ3) is 5.96. The van der Waals surface area contributed by atoms with E-state index < -0.39 is 6.03 Å². The molecule has 1 aliphatic heterocycles. The Bertz CT molecular complexity index is 271. The first kappa shape index (κ1) is 14.4. The highest BCUT2D eigenvalue weighted by Gasteiger charge is 2.27. The van der Waals surface area contributed by atoms with E-state index in [2.05, 4.69) is 5.32 Å². The normalized spacial score (nSPS) is 23.6. The van der Waals surface area contributed by atoms with Gasteiger partial charge in [-0.3, -0.25) is 0 Å². The van der Waals surface area contributed by atoms with Gasteiger partial charge in [-0.1, -0.05) is 12.8 Å². The quantitative estimate of drug-likeness (QED) is 0.687. The summed E-state index contributed by atoms with van der Waals surface area (Å²) in [6.45, 7) is 1.64. The van der Waals surface area contributed by atoms with Crippen LogP contribution in [0, 0.1) is 0 Å². The number of ketones is 1. The molecule has 1 saturated heterocycles. The minimum absolute atomic E-state index is 0.241. The number of unbranched alkanes of at least 4 members (excludes halogenated alkanes) is 2. The SMILES string of the molecule is CC(=O)CCCCCC1SCCC1NC(N)=O. The van der Waals surface area contributed by atoms with E-state index in [1.54, 1.807) is 6.92 Å². The van der Waals surface area contributed by atoms with Crippen LogP contribution < -0.4 is 11.1 Å². The third-order valence-corrected chi connectivity index (χ3v) is 4.52. The van der Waals surface area contributed by atoms with Crippen molar-refractivity contribution in [1.29, 1.82) is 0 Å². The largest absolute Gasteiger partial charge is 0.352 e. The lowest BCUT2D eigenvalue weighted by Gasteiger charge is -2.18. The Hall–Kier alpha value is -0.710. The fourth-order valence-electron chi connectivity index (χ4n) is 2.18. The second-order valence-corrected chi connectivity index (χ2v) is 5.96. The number of nitrogens with one attached hydrogen (secondary N) is 1. The van der Waals surface area contributed by atoms with Gasteiger partial charge in [0, 0.05) is 17.7 Å². The van der Waals surface area contributed by atoms with Crippen molar-refractivity contribution < 1.29 is 9.59 Å². The number of hydrogen-bond acceptors (Lipinski definition) is 3. The number of urea groups is 1. The molecule has 98 valence electrons. The van der Waals surface area contributed by atoms with Crippen molar-refractivity contribution in [3.05, 3.63) is 0 Å². The molecule has 0 saturated carbocycles. The lowest BCUT2D eigenvalue weighted by atomic mass is 10.0. The van der Waals surface area contributed by atoms with Crippen LogP contribution in [0.15, 0.2) is 0 Å². The zero-order valence-corrected chi connectivity index (χ0v) is 11.2. The molecule has 0 aromatic carbocycles. The first-order valence-corrected chi connectivity index (χ1v) is 7.31. The minimum Gasteiger partial charge on any atom is -0.352 e. The lowest BCUT2D eigenvalue weighted by Crippen LogP contribution is -2.42. The molecule has 1 fully saturated rings. The van der Waals surface area contributed by atoms with Crippen LogP contribution in [0.3, 0.4) is 0 Å². The molecule has 4 nitrogen and oxygen atoms in total. The smallest absolute Gasteiger partial charge is 0.312 e. The van der Waals surface area contributed by atoms with Gasteiger partial charge in [0.25, 0.3) is 0 Å². The van der Waals surface area contributed by atoms with E-state index in [0.29, 0.717) is 11.7 Å². The van der Waals surface area contributed by atoms with Gasteiger partial charge >= 0.3 is 6.03 Å². The fraction of sp³-hybridized carbons (Fsp3) is 0.833. The number of hydrogen-bond donors (Lipinski definition) is 2. The summed E-state index contributed by atoms with van der Waals surface area (Å²) in [5, 5.41) is 3.31. The Morgan fingerprint density at radius 1 is 1.35 bits per heavy atom. The van der Waals surface area contributed by atoms with Crippen LogP contribution in [-0.4, -0.2) is 28.9 Å². The molecule has 5 heteroatoms. The molecule has 0 spiro atoms. The highest BCUT2D eigenvalue weighted by Crippen LogP contribution is 2.30. The van der Waals surface area contributed by atoms with Crippen LogP contribution in [0.2, 0.25) is 0 Å². The van der Waals surface area contributed by atoms with Gasteiger partial charge in [-0.2, -0.15) is 11.8 Å².